The van der Waals surface area contributed by atoms with Crippen LogP contribution in [-0.2, 0) is 16.1 Å². The summed E-state index contributed by atoms with van der Waals surface area (Å²) in [7, 11) is 0. The average Bonchev–Trinajstić information content (AvgIpc) is 3.21. The molecular weight excluding hydrogens is 397 g/mol. The minimum absolute atomic E-state index is 0.106. The van der Waals surface area contributed by atoms with Gasteiger partial charge in [0.15, 0.2) is 0 Å². The summed E-state index contributed by atoms with van der Waals surface area (Å²) in [6.45, 7) is 8.14. The molecule has 29 heavy (non-hydrogen) atoms. The van der Waals surface area contributed by atoms with Gasteiger partial charge in [-0.15, -0.1) is 11.3 Å². The lowest BCUT2D eigenvalue weighted by atomic mass is 10.2. The summed E-state index contributed by atoms with van der Waals surface area (Å²) in [5.41, 5.74) is -0.714. The number of thiophene rings is 1. The molecule has 1 aliphatic rings. The van der Waals surface area contributed by atoms with Crippen LogP contribution in [0.5, 0.6) is 0 Å². The zero-order valence-corrected chi connectivity index (χ0v) is 18.1. The van der Waals surface area contributed by atoms with Crippen LogP contribution in [0.3, 0.4) is 0 Å². The van der Waals surface area contributed by atoms with Crippen molar-refractivity contribution < 1.29 is 13.9 Å². The number of aryl methyl sites for hydroxylation is 2. The lowest BCUT2D eigenvalue weighted by molar-refractivity contribution is -0.152. The summed E-state index contributed by atoms with van der Waals surface area (Å²) < 4.78 is 21.0. The van der Waals surface area contributed by atoms with Gasteiger partial charge in [0.1, 0.15) is 23.7 Å². The molecule has 0 bridgehead atoms. The first-order valence-electron chi connectivity index (χ1n) is 9.61. The van der Waals surface area contributed by atoms with Gasteiger partial charge < -0.3 is 4.74 Å². The lowest BCUT2D eigenvalue weighted by Gasteiger charge is -2.18. The molecule has 3 rings (SSSR count). The normalized spacial score (nSPS) is 19.2. The Morgan fingerprint density at radius 2 is 2.03 bits per heavy atom. The molecule has 0 amide bonds. The van der Waals surface area contributed by atoms with E-state index in [4.69, 9.17) is 4.74 Å². The van der Waals surface area contributed by atoms with E-state index in [9.17, 15) is 18.8 Å². The summed E-state index contributed by atoms with van der Waals surface area (Å²) in [6, 6.07) is -0.131. The lowest BCUT2D eigenvalue weighted by Crippen LogP contribution is -2.40. The van der Waals surface area contributed by atoms with Crippen LogP contribution in [-0.4, -0.2) is 40.1 Å². The molecule has 2 atom stereocenters. The molecule has 0 aliphatic heterocycles. The summed E-state index contributed by atoms with van der Waals surface area (Å²) in [5, 5.41) is 0.417. The minimum Gasteiger partial charge on any atom is -0.459 e. The van der Waals surface area contributed by atoms with Crippen molar-refractivity contribution in [2.45, 2.75) is 59.2 Å². The predicted molar refractivity (Wildman–Crippen MR) is 112 cm³/mol. The van der Waals surface area contributed by atoms with Crippen LogP contribution < -0.4 is 11.2 Å². The van der Waals surface area contributed by atoms with Gasteiger partial charge in [0.25, 0.3) is 5.56 Å². The third-order valence-electron chi connectivity index (χ3n) is 4.84. The van der Waals surface area contributed by atoms with Crippen molar-refractivity contribution in [3.63, 3.8) is 0 Å². The zero-order valence-electron chi connectivity index (χ0n) is 17.3. The number of carbonyl (C=O) groups is 1. The fraction of sp³-hybridized carbons (Fsp3) is 0.600. The van der Waals surface area contributed by atoms with E-state index in [0.29, 0.717) is 20.7 Å². The van der Waals surface area contributed by atoms with Crippen LogP contribution in [0.15, 0.2) is 14.6 Å². The number of ether oxygens (including phenoxy) is 1. The van der Waals surface area contributed by atoms with Crippen molar-refractivity contribution in [2.24, 2.45) is 10.9 Å². The highest BCUT2D eigenvalue weighted by Crippen LogP contribution is 2.41. The van der Waals surface area contributed by atoms with E-state index in [1.54, 1.807) is 27.7 Å². The van der Waals surface area contributed by atoms with Gasteiger partial charge in [0.2, 0.25) is 0 Å². The van der Waals surface area contributed by atoms with E-state index in [2.05, 4.69) is 4.99 Å². The van der Waals surface area contributed by atoms with Gasteiger partial charge in [-0.2, -0.15) is 0 Å². The number of rotatable bonds is 6. The Morgan fingerprint density at radius 3 is 2.59 bits per heavy atom. The van der Waals surface area contributed by atoms with E-state index in [1.165, 1.54) is 26.7 Å². The largest absolute Gasteiger partial charge is 0.459 e. The third-order valence-corrected chi connectivity index (χ3v) is 6.08. The van der Waals surface area contributed by atoms with Crippen molar-refractivity contribution in [2.75, 3.05) is 13.2 Å². The quantitative estimate of drug-likeness (QED) is 0.528. The van der Waals surface area contributed by atoms with Crippen molar-refractivity contribution in [3.8, 4) is 0 Å². The summed E-state index contributed by atoms with van der Waals surface area (Å²) >= 11 is 1.21. The molecule has 9 heteroatoms. The van der Waals surface area contributed by atoms with Crippen molar-refractivity contribution in [3.05, 3.63) is 31.3 Å². The van der Waals surface area contributed by atoms with E-state index < -0.39 is 23.9 Å². The maximum absolute atomic E-state index is 13.1. The zero-order chi connectivity index (χ0) is 21.5. The molecule has 0 unspecified atom stereocenters. The van der Waals surface area contributed by atoms with Gasteiger partial charge in [-0.3, -0.25) is 23.7 Å². The molecule has 0 aromatic carbocycles. The number of halogens is 1. The Morgan fingerprint density at radius 1 is 1.38 bits per heavy atom. The van der Waals surface area contributed by atoms with Crippen LogP contribution in [0, 0.1) is 12.8 Å². The second kappa shape index (κ2) is 7.85. The number of aromatic nitrogens is 2. The number of hydrogen-bond acceptors (Lipinski definition) is 6. The van der Waals surface area contributed by atoms with Gasteiger partial charge in [0.05, 0.1) is 16.8 Å². The molecule has 158 valence electrons. The number of nitrogens with zero attached hydrogens (tertiary/aromatic N) is 3. The SMILES string of the molecule is Cc1c(C=NCC(=O)OC(C)(C)C)sc2c1c(=O)n([C@H]1C[C@@H]1C)c(=O)n2CCF. The van der Waals surface area contributed by atoms with E-state index >= 15 is 0 Å². The van der Waals surface area contributed by atoms with Crippen molar-refractivity contribution in [1.29, 1.82) is 0 Å². The number of carbonyl (C=O) groups excluding carboxylic acids is 1. The fourth-order valence-electron chi connectivity index (χ4n) is 3.32. The van der Waals surface area contributed by atoms with E-state index in [-0.39, 0.29) is 30.6 Å². The van der Waals surface area contributed by atoms with Crippen LogP contribution >= 0.6 is 11.3 Å². The monoisotopic (exact) mass is 423 g/mol. The molecular formula is C20H26FN3O4S. The van der Waals surface area contributed by atoms with Gasteiger partial charge in [-0.05, 0) is 45.6 Å². The molecule has 2 aromatic heterocycles. The predicted octanol–water partition coefficient (Wildman–Crippen LogP) is 2.84. The van der Waals surface area contributed by atoms with Crippen LogP contribution in [0.2, 0.25) is 0 Å². The Kier molecular flexibility index (Phi) is 5.80. The smallest absolute Gasteiger partial charge is 0.332 e. The second-order valence-corrected chi connectivity index (χ2v) is 9.44. The summed E-state index contributed by atoms with van der Waals surface area (Å²) in [6.07, 6.45) is 2.28. The molecule has 0 N–H and O–H groups in total. The molecule has 1 fully saturated rings. The average molecular weight is 424 g/mol. The molecule has 0 spiro atoms. The number of alkyl halides is 1. The number of hydrogen-bond donors (Lipinski definition) is 0. The standard InChI is InChI=1S/C20H26FN3O4S/c1-11-8-13(11)24-17(26)16-12(2)14(9-22-10-15(25)28-20(3,4)5)29-18(16)23(7-6-21)19(24)27/h9,11,13H,6-8,10H2,1-5H3/t11-,13-/m0/s1. The van der Waals surface area contributed by atoms with Crippen LogP contribution in [0.1, 0.15) is 50.6 Å². The number of fused-ring (bicyclic) bond motifs is 1. The molecule has 0 saturated heterocycles. The van der Waals surface area contributed by atoms with E-state index in [1.807, 2.05) is 6.92 Å². The molecule has 7 nitrogen and oxygen atoms in total. The number of aliphatic imine (C=N–C) groups is 1. The van der Waals surface area contributed by atoms with Crippen molar-refractivity contribution in [1.82, 2.24) is 9.13 Å². The van der Waals surface area contributed by atoms with Crippen molar-refractivity contribution >= 4 is 33.7 Å². The third kappa shape index (κ3) is 4.34. The highest BCUT2D eigenvalue weighted by molar-refractivity contribution is 7.20. The Hall–Kier alpha value is -2.29. The first-order valence-corrected chi connectivity index (χ1v) is 10.4. The molecule has 2 heterocycles. The van der Waals surface area contributed by atoms with E-state index in [0.717, 1.165) is 6.42 Å². The summed E-state index contributed by atoms with van der Waals surface area (Å²) in [5.74, 6) is -0.197. The minimum atomic E-state index is -0.702. The first kappa shape index (κ1) is 21.4. The van der Waals surface area contributed by atoms with Gasteiger partial charge in [-0.25, -0.2) is 9.18 Å². The highest BCUT2D eigenvalue weighted by Gasteiger charge is 2.38. The molecule has 1 saturated carbocycles. The van der Waals surface area contributed by atoms with Gasteiger partial charge >= 0.3 is 11.7 Å². The highest BCUT2D eigenvalue weighted by atomic mass is 32.1. The Balaban J connectivity index is 2.02. The maximum atomic E-state index is 13.1. The second-order valence-electron chi connectivity index (χ2n) is 8.41. The van der Waals surface area contributed by atoms with Crippen LogP contribution in [0.4, 0.5) is 4.39 Å². The first-order chi connectivity index (χ1) is 13.5. The van der Waals surface area contributed by atoms with Gasteiger partial charge in [-0.1, -0.05) is 6.92 Å². The Bertz CT molecular complexity index is 1090. The number of esters is 1. The molecule has 2 aromatic rings. The topological polar surface area (TPSA) is 82.7 Å². The molecule has 0 radical (unpaired) electrons. The molecule has 1 aliphatic carbocycles. The van der Waals surface area contributed by atoms with Crippen LogP contribution in [0.25, 0.3) is 10.2 Å². The Labute approximate surface area is 171 Å². The summed E-state index contributed by atoms with van der Waals surface area (Å²) in [4.78, 5) is 43.0. The fourth-order valence-corrected chi connectivity index (χ4v) is 4.53. The van der Waals surface area contributed by atoms with Gasteiger partial charge in [0, 0.05) is 12.3 Å². The maximum Gasteiger partial charge on any atom is 0.332 e.